The second-order valence-corrected chi connectivity index (χ2v) is 6.66. The fourth-order valence-corrected chi connectivity index (χ4v) is 3.27. The molecule has 0 saturated carbocycles. The third-order valence-corrected chi connectivity index (χ3v) is 4.96. The minimum absolute atomic E-state index is 0.342. The van der Waals surface area contributed by atoms with Crippen LogP contribution in [0.15, 0.2) is 10.3 Å². The summed E-state index contributed by atoms with van der Waals surface area (Å²) in [5.41, 5.74) is -0.270. The average molecular weight is 234 g/mol. The predicted octanol–water partition coefficient (Wildman–Crippen LogP) is 1.56. The molecule has 14 heavy (non-hydrogen) atoms. The third-order valence-electron chi connectivity index (χ3n) is 1.75. The van der Waals surface area contributed by atoms with Crippen LogP contribution in [0.5, 0.6) is 0 Å². The molecule has 1 heterocycles. The third kappa shape index (κ3) is 2.33. The number of hydrogen-bond donors (Lipinski definition) is 3. The maximum absolute atomic E-state index is 11.3. The molecule has 1 aromatic heterocycles. The fraction of sp³-hybridized carbons (Fsp3) is 0.500. The van der Waals surface area contributed by atoms with E-state index in [0.717, 1.165) is 11.3 Å². The Balaban J connectivity index is 3.33. The first-order valence-electron chi connectivity index (χ1n) is 4.02. The number of rotatable bonds is 2. The number of nitrogens with one attached hydrogen (secondary N) is 1. The minimum atomic E-state index is -3.17. The Hall–Kier alpha value is -0.430. The highest BCUT2D eigenvalue weighted by molar-refractivity contribution is 7.92. The Morgan fingerprint density at radius 2 is 2.14 bits per heavy atom. The first kappa shape index (κ1) is 11.6. The van der Waals surface area contributed by atoms with Crippen LogP contribution in [0.4, 0.5) is 0 Å². The zero-order chi connectivity index (χ0) is 11.1. The summed E-state index contributed by atoms with van der Waals surface area (Å²) in [6.07, 6.45) is 0. The molecule has 4 nitrogen and oxygen atoms in total. The Bertz CT molecular complexity index is 440. The van der Waals surface area contributed by atoms with Gasteiger partial charge in [-0.3, -0.25) is 0 Å². The van der Waals surface area contributed by atoms with Crippen molar-refractivity contribution in [1.82, 2.24) is 0 Å². The summed E-state index contributed by atoms with van der Waals surface area (Å²) in [5, 5.41) is 14.9. The predicted molar refractivity (Wildman–Crippen MR) is 57.6 cm³/mol. The van der Waals surface area contributed by atoms with Crippen molar-refractivity contribution in [3.05, 3.63) is 16.5 Å². The smallest absolute Gasteiger partial charge is 0.141 e. The zero-order valence-electron chi connectivity index (χ0n) is 8.33. The number of hydrogen-bond acceptors (Lipinski definition) is 4. The van der Waals surface area contributed by atoms with Crippen molar-refractivity contribution in [2.75, 3.05) is 0 Å². The van der Waals surface area contributed by atoms with Gasteiger partial charge in [0, 0.05) is 4.88 Å². The lowest BCUT2D eigenvalue weighted by atomic mass is 10.1. The highest BCUT2D eigenvalue weighted by Crippen LogP contribution is 2.32. The first-order valence-corrected chi connectivity index (χ1v) is 6.46. The quantitative estimate of drug-likeness (QED) is 0.725. The van der Waals surface area contributed by atoms with E-state index in [1.807, 2.05) is 0 Å². The van der Waals surface area contributed by atoms with E-state index in [-0.39, 0.29) is 0 Å². The molecule has 0 bridgehead atoms. The Labute approximate surface area is 87.9 Å². The van der Waals surface area contributed by atoms with Crippen molar-refractivity contribution in [1.29, 1.82) is 4.78 Å². The van der Waals surface area contributed by atoms with Gasteiger partial charge in [-0.15, -0.1) is 11.3 Å². The number of nitrogens with two attached hydrogens (primary N) is 1. The van der Waals surface area contributed by atoms with Gasteiger partial charge in [0.1, 0.15) is 14.1 Å². The summed E-state index contributed by atoms with van der Waals surface area (Å²) in [7, 11) is -3.17. The number of aryl methyl sites for hydroxylation is 1. The van der Waals surface area contributed by atoms with Crippen molar-refractivity contribution >= 4 is 21.3 Å². The van der Waals surface area contributed by atoms with Gasteiger partial charge in [-0.05, 0) is 32.4 Å². The summed E-state index contributed by atoms with van der Waals surface area (Å²) >= 11 is 1.14. The van der Waals surface area contributed by atoms with E-state index in [0.29, 0.717) is 14.6 Å². The van der Waals surface area contributed by atoms with Crippen molar-refractivity contribution in [2.24, 2.45) is 5.14 Å². The largest absolute Gasteiger partial charge is 0.385 e. The topological polar surface area (TPSA) is 87.2 Å². The summed E-state index contributed by atoms with van der Waals surface area (Å²) in [6.45, 7) is 5.02. The van der Waals surface area contributed by atoms with Crippen LogP contribution in [0.2, 0.25) is 0 Å². The molecule has 6 heteroatoms. The molecule has 0 aromatic carbocycles. The molecule has 1 rings (SSSR count). The van der Waals surface area contributed by atoms with Crippen molar-refractivity contribution < 1.29 is 9.32 Å². The molecule has 1 unspecified atom stereocenters. The van der Waals surface area contributed by atoms with E-state index in [1.54, 1.807) is 26.8 Å². The molecule has 0 fully saturated rings. The van der Waals surface area contributed by atoms with E-state index in [9.17, 15) is 9.32 Å². The first-order chi connectivity index (χ1) is 6.12. The molecule has 1 aromatic rings. The minimum Gasteiger partial charge on any atom is -0.385 e. The van der Waals surface area contributed by atoms with Crippen LogP contribution in [0.3, 0.4) is 0 Å². The summed E-state index contributed by atoms with van der Waals surface area (Å²) in [6, 6.07) is 1.72. The van der Waals surface area contributed by atoms with E-state index in [4.69, 9.17) is 9.92 Å². The molecule has 0 aliphatic rings. The lowest BCUT2D eigenvalue weighted by Gasteiger charge is -2.13. The Morgan fingerprint density at radius 3 is 2.36 bits per heavy atom. The van der Waals surface area contributed by atoms with Gasteiger partial charge in [0.15, 0.2) is 0 Å². The van der Waals surface area contributed by atoms with Crippen LogP contribution < -0.4 is 5.14 Å². The number of aliphatic hydroxyl groups is 1. The molecular formula is C8H14N2O2S2. The molecule has 0 radical (unpaired) electrons. The van der Waals surface area contributed by atoms with Gasteiger partial charge < -0.3 is 5.11 Å². The second-order valence-electron chi connectivity index (χ2n) is 3.74. The summed E-state index contributed by atoms with van der Waals surface area (Å²) in [4.78, 5) is 0.676. The van der Waals surface area contributed by atoms with Crippen LogP contribution in [0.1, 0.15) is 24.3 Å². The van der Waals surface area contributed by atoms with Crippen LogP contribution in [-0.2, 0) is 15.5 Å². The van der Waals surface area contributed by atoms with Gasteiger partial charge in [0.05, 0.1) is 5.60 Å². The van der Waals surface area contributed by atoms with Gasteiger partial charge in [0.2, 0.25) is 0 Å². The zero-order valence-corrected chi connectivity index (χ0v) is 9.96. The van der Waals surface area contributed by atoms with E-state index < -0.39 is 15.5 Å². The van der Waals surface area contributed by atoms with Crippen molar-refractivity contribution in [3.63, 3.8) is 0 Å². The van der Waals surface area contributed by atoms with Crippen molar-refractivity contribution in [2.45, 2.75) is 30.6 Å². The summed E-state index contributed by atoms with van der Waals surface area (Å²) in [5.74, 6) is 0. The Kier molecular flexibility index (Phi) is 2.75. The van der Waals surface area contributed by atoms with Crippen LogP contribution >= 0.6 is 11.3 Å². The summed E-state index contributed by atoms with van der Waals surface area (Å²) < 4.78 is 18.9. The van der Waals surface area contributed by atoms with Gasteiger partial charge in [-0.2, -0.15) is 0 Å². The van der Waals surface area contributed by atoms with E-state index in [1.165, 1.54) is 0 Å². The lowest BCUT2D eigenvalue weighted by molar-refractivity contribution is 0.0825. The molecular weight excluding hydrogens is 220 g/mol. The average Bonchev–Trinajstić information content (AvgIpc) is 2.27. The molecule has 0 aliphatic carbocycles. The molecule has 0 saturated heterocycles. The van der Waals surface area contributed by atoms with Gasteiger partial charge in [-0.25, -0.2) is 14.1 Å². The molecule has 0 aliphatic heterocycles. The molecule has 0 amide bonds. The SMILES string of the molecule is Cc1cc(C(C)(C)O)sc1S(=N)(N)=O. The van der Waals surface area contributed by atoms with Gasteiger partial charge in [-0.1, -0.05) is 0 Å². The van der Waals surface area contributed by atoms with Crippen LogP contribution in [-0.4, -0.2) is 9.32 Å². The second kappa shape index (κ2) is 3.30. The highest BCUT2D eigenvalue weighted by atomic mass is 32.2. The lowest BCUT2D eigenvalue weighted by Crippen LogP contribution is -2.13. The van der Waals surface area contributed by atoms with Gasteiger partial charge >= 0.3 is 0 Å². The standard InChI is InChI=1S/C8H14N2O2S2/c1-5-4-6(8(2,3)11)13-7(5)14(9,10)12/h4,11H,1-3H3,(H3,9,10,12). The van der Waals surface area contributed by atoms with E-state index >= 15 is 0 Å². The highest BCUT2D eigenvalue weighted by Gasteiger charge is 2.22. The van der Waals surface area contributed by atoms with Crippen LogP contribution in [0, 0.1) is 11.7 Å². The normalized spacial score (nSPS) is 16.6. The van der Waals surface area contributed by atoms with E-state index in [2.05, 4.69) is 0 Å². The fourth-order valence-electron chi connectivity index (χ4n) is 1.07. The number of thiophene rings is 1. The maximum Gasteiger partial charge on any atom is 0.141 e. The maximum atomic E-state index is 11.3. The molecule has 80 valence electrons. The Morgan fingerprint density at radius 1 is 1.64 bits per heavy atom. The molecule has 0 spiro atoms. The van der Waals surface area contributed by atoms with Gasteiger partial charge in [0.25, 0.3) is 0 Å². The molecule has 4 N–H and O–H groups in total. The molecule has 1 atom stereocenters. The monoisotopic (exact) mass is 234 g/mol. The van der Waals surface area contributed by atoms with Crippen molar-refractivity contribution in [3.8, 4) is 0 Å². The van der Waals surface area contributed by atoms with Crippen LogP contribution in [0.25, 0.3) is 0 Å².